The summed E-state index contributed by atoms with van der Waals surface area (Å²) in [5.41, 5.74) is 1.43. The molecule has 0 spiro atoms. The van der Waals surface area contributed by atoms with Crippen LogP contribution in [0.25, 0.3) is 11.6 Å². The van der Waals surface area contributed by atoms with E-state index in [0.29, 0.717) is 37.7 Å². The molecule has 1 amide bonds. The van der Waals surface area contributed by atoms with Crippen LogP contribution < -0.4 is 4.90 Å². The Bertz CT molecular complexity index is 950. The molecule has 1 aromatic carbocycles. The second-order valence-electron chi connectivity index (χ2n) is 6.41. The lowest BCUT2D eigenvalue weighted by Crippen LogP contribution is -2.49. The van der Waals surface area contributed by atoms with Gasteiger partial charge in [0, 0.05) is 43.4 Å². The second kappa shape index (κ2) is 8.31. The zero-order valence-corrected chi connectivity index (χ0v) is 16.0. The monoisotopic (exact) mass is 394 g/mol. The van der Waals surface area contributed by atoms with Gasteiger partial charge in [0.1, 0.15) is 5.82 Å². The molecule has 1 aliphatic heterocycles. The van der Waals surface area contributed by atoms with Crippen LogP contribution in [0.1, 0.15) is 10.4 Å². The molecule has 0 saturated carbocycles. The number of hydrogen-bond donors (Lipinski definition) is 0. The summed E-state index contributed by atoms with van der Waals surface area (Å²) in [6.45, 7) is 2.57. The minimum absolute atomic E-state index is 0.0135. The first kappa shape index (κ1) is 18.3. The van der Waals surface area contributed by atoms with E-state index in [4.69, 9.17) is 0 Å². The summed E-state index contributed by atoms with van der Waals surface area (Å²) < 4.78 is 13.2. The molecule has 1 aliphatic rings. The number of anilines is 1. The SMILES string of the molecule is O=C(/C(=C/c1ccc(F)cc1)c1cccs1)N1CCN(c2ncccn2)CC1. The third-order valence-electron chi connectivity index (χ3n) is 4.60. The van der Waals surface area contributed by atoms with Crippen LogP contribution in [0.5, 0.6) is 0 Å². The molecule has 28 heavy (non-hydrogen) atoms. The maximum absolute atomic E-state index is 13.3. The number of benzene rings is 1. The first-order valence-corrected chi connectivity index (χ1v) is 9.91. The van der Waals surface area contributed by atoms with Gasteiger partial charge in [-0.1, -0.05) is 18.2 Å². The van der Waals surface area contributed by atoms with Gasteiger partial charge in [0.2, 0.25) is 5.95 Å². The number of halogens is 1. The lowest BCUT2D eigenvalue weighted by Gasteiger charge is -2.35. The number of hydrogen-bond acceptors (Lipinski definition) is 5. The van der Waals surface area contributed by atoms with E-state index in [0.717, 1.165) is 10.4 Å². The van der Waals surface area contributed by atoms with Crippen molar-refractivity contribution < 1.29 is 9.18 Å². The summed E-state index contributed by atoms with van der Waals surface area (Å²) in [5.74, 6) is 0.385. The molecule has 0 aliphatic carbocycles. The van der Waals surface area contributed by atoms with E-state index in [-0.39, 0.29) is 11.7 Å². The number of carbonyl (C=O) groups excluding carboxylic acids is 1. The van der Waals surface area contributed by atoms with Crippen molar-refractivity contribution in [1.29, 1.82) is 0 Å². The van der Waals surface area contributed by atoms with Crippen molar-refractivity contribution in [3.8, 4) is 0 Å². The van der Waals surface area contributed by atoms with Gasteiger partial charge in [-0.3, -0.25) is 4.79 Å². The fourth-order valence-electron chi connectivity index (χ4n) is 3.13. The molecule has 0 bridgehead atoms. The van der Waals surface area contributed by atoms with Crippen molar-refractivity contribution in [3.63, 3.8) is 0 Å². The van der Waals surface area contributed by atoms with E-state index in [2.05, 4.69) is 14.9 Å². The number of rotatable bonds is 4. The summed E-state index contributed by atoms with van der Waals surface area (Å²) >= 11 is 1.52. The third-order valence-corrected chi connectivity index (χ3v) is 5.50. The Hall–Kier alpha value is -3.06. The average Bonchev–Trinajstić information content (AvgIpc) is 3.28. The fourth-order valence-corrected chi connectivity index (χ4v) is 3.86. The molecule has 2 aromatic heterocycles. The average molecular weight is 394 g/mol. The van der Waals surface area contributed by atoms with Crippen LogP contribution in [0.2, 0.25) is 0 Å². The highest BCUT2D eigenvalue weighted by molar-refractivity contribution is 7.11. The van der Waals surface area contributed by atoms with Gasteiger partial charge in [0.15, 0.2) is 0 Å². The summed E-state index contributed by atoms with van der Waals surface area (Å²) in [4.78, 5) is 26.7. The van der Waals surface area contributed by atoms with Crippen molar-refractivity contribution in [2.45, 2.75) is 0 Å². The van der Waals surface area contributed by atoms with Crippen LogP contribution in [0, 0.1) is 5.82 Å². The van der Waals surface area contributed by atoms with Crippen LogP contribution in [0.3, 0.4) is 0 Å². The van der Waals surface area contributed by atoms with E-state index >= 15 is 0 Å². The van der Waals surface area contributed by atoms with E-state index in [1.807, 2.05) is 28.5 Å². The number of piperazine rings is 1. The van der Waals surface area contributed by atoms with Crippen molar-refractivity contribution in [1.82, 2.24) is 14.9 Å². The van der Waals surface area contributed by atoms with Gasteiger partial charge in [0.05, 0.1) is 5.57 Å². The molecule has 7 heteroatoms. The molecule has 5 nitrogen and oxygen atoms in total. The Morgan fingerprint density at radius 2 is 1.71 bits per heavy atom. The fraction of sp³-hybridized carbons (Fsp3) is 0.190. The minimum Gasteiger partial charge on any atom is -0.337 e. The van der Waals surface area contributed by atoms with Gasteiger partial charge in [-0.2, -0.15) is 0 Å². The Morgan fingerprint density at radius 1 is 1.00 bits per heavy atom. The summed E-state index contributed by atoms with van der Waals surface area (Å²) in [6.07, 6.45) is 5.28. The van der Waals surface area contributed by atoms with Gasteiger partial charge in [-0.25, -0.2) is 14.4 Å². The highest BCUT2D eigenvalue weighted by Crippen LogP contribution is 2.26. The Morgan fingerprint density at radius 3 is 2.36 bits per heavy atom. The van der Waals surface area contributed by atoms with E-state index in [1.54, 1.807) is 30.6 Å². The Labute approximate surface area is 166 Å². The van der Waals surface area contributed by atoms with Crippen molar-refractivity contribution in [2.24, 2.45) is 0 Å². The first-order chi connectivity index (χ1) is 13.7. The maximum atomic E-state index is 13.3. The van der Waals surface area contributed by atoms with Crippen molar-refractivity contribution >= 4 is 34.8 Å². The molecule has 0 N–H and O–H groups in total. The van der Waals surface area contributed by atoms with Gasteiger partial charge >= 0.3 is 0 Å². The normalized spacial score (nSPS) is 15.0. The van der Waals surface area contributed by atoms with Crippen LogP contribution in [-0.4, -0.2) is 47.0 Å². The van der Waals surface area contributed by atoms with Gasteiger partial charge in [0.25, 0.3) is 5.91 Å². The lowest BCUT2D eigenvalue weighted by molar-refractivity contribution is -0.125. The second-order valence-corrected chi connectivity index (χ2v) is 7.36. The molecular formula is C21H19FN4OS. The molecular weight excluding hydrogens is 375 g/mol. The Kier molecular flexibility index (Phi) is 5.43. The molecule has 142 valence electrons. The molecule has 1 saturated heterocycles. The zero-order valence-electron chi connectivity index (χ0n) is 15.2. The smallest absolute Gasteiger partial charge is 0.255 e. The molecule has 0 atom stereocenters. The highest BCUT2D eigenvalue weighted by Gasteiger charge is 2.25. The predicted octanol–water partition coefficient (Wildman–Crippen LogP) is 3.57. The van der Waals surface area contributed by atoms with Crippen molar-refractivity contribution in [2.75, 3.05) is 31.1 Å². The molecule has 1 fully saturated rings. The van der Waals surface area contributed by atoms with Gasteiger partial charge in [-0.15, -0.1) is 11.3 Å². The maximum Gasteiger partial charge on any atom is 0.255 e. The number of aromatic nitrogens is 2. The van der Waals surface area contributed by atoms with Crippen LogP contribution >= 0.6 is 11.3 Å². The summed E-state index contributed by atoms with van der Waals surface area (Å²) in [7, 11) is 0. The zero-order chi connectivity index (χ0) is 19.3. The van der Waals surface area contributed by atoms with E-state index in [9.17, 15) is 9.18 Å². The molecule has 3 heterocycles. The number of nitrogens with zero attached hydrogens (tertiary/aromatic N) is 4. The minimum atomic E-state index is -0.291. The van der Waals surface area contributed by atoms with Crippen molar-refractivity contribution in [3.05, 3.63) is 76.5 Å². The van der Waals surface area contributed by atoms with E-state index < -0.39 is 0 Å². The number of carbonyl (C=O) groups is 1. The van der Waals surface area contributed by atoms with Gasteiger partial charge < -0.3 is 9.80 Å². The Balaban J connectivity index is 1.53. The topological polar surface area (TPSA) is 49.3 Å². The highest BCUT2D eigenvalue weighted by atomic mass is 32.1. The largest absolute Gasteiger partial charge is 0.337 e. The quantitative estimate of drug-likeness (QED) is 0.635. The number of amides is 1. The molecule has 0 radical (unpaired) electrons. The number of thiophene rings is 1. The van der Waals surface area contributed by atoms with E-state index in [1.165, 1.54) is 23.5 Å². The standard InChI is InChI=1S/C21H19FN4OS/c22-17-6-4-16(5-7-17)15-18(19-3-1-14-28-19)20(27)25-10-12-26(13-11-25)21-23-8-2-9-24-21/h1-9,14-15H,10-13H2/b18-15+. The third kappa shape index (κ3) is 4.09. The molecule has 4 rings (SSSR count). The predicted molar refractivity (Wildman–Crippen MR) is 109 cm³/mol. The van der Waals surface area contributed by atoms with Crippen LogP contribution in [0.15, 0.2) is 60.2 Å². The van der Waals surface area contributed by atoms with Crippen LogP contribution in [0.4, 0.5) is 10.3 Å². The first-order valence-electron chi connectivity index (χ1n) is 9.03. The molecule has 0 unspecified atom stereocenters. The van der Waals surface area contributed by atoms with Gasteiger partial charge in [-0.05, 0) is 41.3 Å². The van der Waals surface area contributed by atoms with Crippen LogP contribution in [-0.2, 0) is 4.79 Å². The summed E-state index contributed by atoms with van der Waals surface area (Å²) in [6, 6.07) is 11.8. The summed E-state index contributed by atoms with van der Waals surface area (Å²) in [5, 5.41) is 1.95. The molecule has 3 aromatic rings. The lowest BCUT2D eigenvalue weighted by atomic mass is 10.1.